The summed E-state index contributed by atoms with van der Waals surface area (Å²) in [6.07, 6.45) is 0.378. The van der Waals surface area contributed by atoms with Gasteiger partial charge in [0.1, 0.15) is 11.8 Å². The molecule has 0 radical (unpaired) electrons. The first kappa shape index (κ1) is 17.5. The maximum absolute atomic E-state index is 12.1. The van der Waals surface area contributed by atoms with Gasteiger partial charge in [0, 0.05) is 12.8 Å². The van der Waals surface area contributed by atoms with Crippen LogP contribution in [0.25, 0.3) is 0 Å². The zero-order chi connectivity index (χ0) is 17.7. The zero-order valence-corrected chi connectivity index (χ0v) is 13.7. The Bertz CT molecular complexity index is 657. The van der Waals surface area contributed by atoms with Crippen LogP contribution in [0.4, 0.5) is 5.69 Å². The molecule has 2 rings (SSSR count). The molecule has 1 aromatic rings. The second-order valence-electron chi connectivity index (χ2n) is 5.95. The third kappa shape index (κ3) is 4.31. The number of nitrogens with two attached hydrogens (primary N) is 1. The average Bonchev–Trinajstić information content (AvgIpc) is 2.98. The Balaban J connectivity index is 2.06. The van der Waals surface area contributed by atoms with Crippen LogP contribution in [-0.4, -0.2) is 29.5 Å². The molecule has 1 heterocycles. The van der Waals surface area contributed by atoms with Crippen molar-refractivity contribution in [1.29, 1.82) is 0 Å². The highest BCUT2D eigenvalue weighted by molar-refractivity contribution is 6.40. The van der Waals surface area contributed by atoms with E-state index in [0.717, 1.165) is 0 Å². The van der Waals surface area contributed by atoms with Crippen LogP contribution < -0.4 is 21.6 Å². The van der Waals surface area contributed by atoms with Gasteiger partial charge in [-0.25, -0.2) is 0 Å². The highest BCUT2D eigenvalue weighted by Crippen LogP contribution is 2.24. The molecule has 1 aliphatic heterocycles. The molecule has 0 saturated heterocycles. The van der Waals surface area contributed by atoms with E-state index in [4.69, 9.17) is 5.73 Å². The Morgan fingerprint density at radius 1 is 1.25 bits per heavy atom. The lowest BCUT2D eigenvalue weighted by Crippen LogP contribution is -2.45. The van der Waals surface area contributed by atoms with Crippen LogP contribution in [0.5, 0.6) is 0 Å². The molecule has 3 amide bonds. The lowest BCUT2D eigenvalue weighted by molar-refractivity contribution is -0.126. The number of nitrogens with zero attached hydrogens (tertiary/aromatic N) is 2. The SMILES string of the molecule is CC(C)CC(=O)NNC(=O)C1=NN(c2ccccc2)C(C(N)=O)C1. The zero-order valence-electron chi connectivity index (χ0n) is 13.7. The standard InChI is InChI=1S/C16H21N5O3/c1-10(2)8-14(22)18-19-16(24)12-9-13(15(17)23)21(20-12)11-6-4-3-5-7-11/h3-7,10,13H,8-9H2,1-2H3,(H2,17,23)(H,18,22)(H,19,24). The second-order valence-corrected chi connectivity index (χ2v) is 5.95. The number of benzene rings is 1. The summed E-state index contributed by atoms with van der Waals surface area (Å²) in [5.74, 6) is -1.24. The molecule has 1 atom stereocenters. The number of rotatable bonds is 5. The van der Waals surface area contributed by atoms with Gasteiger partial charge in [0.15, 0.2) is 0 Å². The van der Waals surface area contributed by atoms with Crippen molar-refractivity contribution in [2.45, 2.75) is 32.7 Å². The van der Waals surface area contributed by atoms with Crippen molar-refractivity contribution < 1.29 is 14.4 Å². The van der Waals surface area contributed by atoms with Crippen molar-refractivity contribution >= 4 is 29.1 Å². The van der Waals surface area contributed by atoms with Crippen molar-refractivity contribution in [3.8, 4) is 0 Å². The van der Waals surface area contributed by atoms with E-state index in [1.165, 1.54) is 5.01 Å². The predicted octanol–water partition coefficient (Wildman–Crippen LogP) is 0.300. The van der Waals surface area contributed by atoms with Crippen molar-refractivity contribution in [2.24, 2.45) is 16.8 Å². The van der Waals surface area contributed by atoms with Gasteiger partial charge in [-0.15, -0.1) is 0 Å². The first-order valence-electron chi connectivity index (χ1n) is 7.68. The van der Waals surface area contributed by atoms with E-state index in [9.17, 15) is 14.4 Å². The molecule has 0 aromatic heterocycles. The van der Waals surface area contributed by atoms with Gasteiger partial charge in [0.05, 0.1) is 5.69 Å². The molecule has 8 heteroatoms. The molecule has 0 aliphatic carbocycles. The normalized spacial score (nSPS) is 16.7. The van der Waals surface area contributed by atoms with Crippen molar-refractivity contribution in [1.82, 2.24) is 10.9 Å². The molecule has 1 aliphatic rings. The van der Waals surface area contributed by atoms with E-state index in [2.05, 4.69) is 16.0 Å². The molecule has 4 N–H and O–H groups in total. The average molecular weight is 331 g/mol. The summed E-state index contributed by atoms with van der Waals surface area (Å²) in [4.78, 5) is 35.4. The lowest BCUT2D eigenvalue weighted by atomic mass is 10.1. The van der Waals surface area contributed by atoms with Gasteiger partial charge in [-0.1, -0.05) is 32.0 Å². The summed E-state index contributed by atoms with van der Waals surface area (Å²) in [6, 6.07) is 8.23. The Kier molecular flexibility index (Phi) is 5.51. The van der Waals surface area contributed by atoms with Crippen LogP contribution in [0.15, 0.2) is 35.4 Å². The maximum Gasteiger partial charge on any atom is 0.285 e. The predicted molar refractivity (Wildman–Crippen MR) is 89.7 cm³/mol. The highest BCUT2D eigenvalue weighted by Gasteiger charge is 2.35. The fourth-order valence-corrected chi connectivity index (χ4v) is 2.31. The van der Waals surface area contributed by atoms with E-state index in [0.29, 0.717) is 12.1 Å². The Hall–Kier alpha value is -2.90. The maximum atomic E-state index is 12.1. The quantitative estimate of drug-likeness (QED) is 0.673. The van der Waals surface area contributed by atoms with Gasteiger partial charge in [-0.05, 0) is 18.1 Å². The fourth-order valence-electron chi connectivity index (χ4n) is 2.31. The molecule has 24 heavy (non-hydrogen) atoms. The molecule has 1 unspecified atom stereocenters. The van der Waals surface area contributed by atoms with Gasteiger partial charge >= 0.3 is 0 Å². The minimum Gasteiger partial charge on any atom is -0.368 e. The third-order valence-electron chi connectivity index (χ3n) is 3.43. The first-order chi connectivity index (χ1) is 11.4. The molecule has 8 nitrogen and oxygen atoms in total. The van der Waals surface area contributed by atoms with Gasteiger partial charge in [0.25, 0.3) is 5.91 Å². The first-order valence-corrected chi connectivity index (χ1v) is 7.68. The number of anilines is 1. The van der Waals surface area contributed by atoms with Crippen LogP contribution in [0.2, 0.25) is 0 Å². The molecule has 0 spiro atoms. The summed E-state index contributed by atoms with van der Waals surface area (Å²) in [5.41, 5.74) is 10.9. The smallest absolute Gasteiger partial charge is 0.285 e. The fraction of sp³-hybridized carbons (Fsp3) is 0.375. The van der Waals surface area contributed by atoms with E-state index >= 15 is 0 Å². The number of primary amides is 1. The van der Waals surface area contributed by atoms with Gasteiger partial charge in [-0.2, -0.15) is 5.10 Å². The molecular weight excluding hydrogens is 310 g/mol. The van der Waals surface area contributed by atoms with Gasteiger partial charge < -0.3 is 5.73 Å². The van der Waals surface area contributed by atoms with Crippen LogP contribution in [0.3, 0.4) is 0 Å². The summed E-state index contributed by atoms with van der Waals surface area (Å²) >= 11 is 0. The molecule has 1 aromatic carbocycles. The second kappa shape index (κ2) is 7.58. The number of carbonyl (C=O) groups is 3. The molecule has 0 saturated carbocycles. The number of hydrogen-bond donors (Lipinski definition) is 3. The number of nitrogens with one attached hydrogen (secondary N) is 2. The summed E-state index contributed by atoms with van der Waals surface area (Å²) < 4.78 is 0. The number of hydrogen-bond acceptors (Lipinski definition) is 5. The summed E-state index contributed by atoms with van der Waals surface area (Å²) in [5, 5.41) is 5.61. The molecule has 128 valence electrons. The van der Waals surface area contributed by atoms with Gasteiger partial charge in [-0.3, -0.25) is 30.2 Å². The van der Waals surface area contributed by atoms with E-state index < -0.39 is 17.9 Å². The van der Waals surface area contributed by atoms with E-state index in [1.54, 1.807) is 24.3 Å². The number of para-hydroxylation sites is 1. The Morgan fingerprint density at radius 2 is 1.92 bits per heavy atom. The van der Waals surface area contributed by atoms with E-state index in [1.807, 2.05) is 19.9 Å². The van der Waals surface area contributed by atoms with Crippen LogP contribution in [0, 0.1) is 5.92 Å². The van der Waals surface area contributed by atoms with Gasteiger partial charge in [0.2, 0.25) is 11.8 Å². The van der Waals surface area contributed by atoms with Crippen molar-refractivity contribution in [2.75, 3.05) is 5.01 Å². The highest BCUT2D eigenvalue weighted by atomic mass is 16.2. The number of hydrazone groups is 1. The van der Waals surface area contributed by atoms with Crippen LogP contribution in [0.1, 0.15) is 26.7 Å². The lowest BCUT2D eigenvalue weighted by Gasteiger charge is -2.20. The van der Waals surface area contributed by atoms with E-state index in [-0.39, 0.29) is 24.0 Å². The molecule has 0 bridgehead atoms. The largest absolute Gasteiger partial charge is 0.368 e. The topological polar surface area (TPSA) is 117 Å². The number of amides is 3. The monoisotopic (exact) mass is 331 g/mol. The Morgan fingerprint density at radius 3 is 2.50 bits per heavy atom. The minimum absolute atomic E-state index is 0.0795. The van der Waals surface area contributed by atoms with Crippen LogP contribution >= 0.6 is 0 Å². The van der Waals surface area contributed by atoms with Crippen molar-refractivity contribution in [3.05, 3.63) is 30.3 Å². The number of hydrazine groups is 1. The summed E-state index contributed by atoms with van der Waals surface area (Å²) in [6.45, 7) is 3.80. The Labute approximate surface area is 140 Å². The minimum atomic E-state index is -0.737. The van der Waals surface area contributed by atoms with Crippen LogP contribution in [-0.2, 0) is 14.4 Å². The summed E-state index contributed by atoms with van der Waals surface area (Å²) in [7, 11) is 0. The molecule has 0 fully saturated rings. The number of carbonyl (C=O) groups excluding carboxylic acids is 3. The third-order valence-corrected chi connectivity index (χ3v) is 3.43. The molecular formula is C16H21N5O3. The van der Waals surface area contributed by atoms with Crippen molar-refractivity contribution in [3.63, 3.8) is 0 Å².